The first kappa shape index (κ1) is 22.3. The fourth-order valence-electron chi connectivity index (χ4n) is 4.03. The summed E-state index contributed by atoms with van der Waals surface area (Å²) in [4.78, 5) is 32.1. The van der Waals surface area contributed by atoms with Crippen molar-refractivity contribution in [2.45, 2.75) is 59.9 Å². The Hall–Kier alpha value is -2.41. The zero-order valence-electron chi connectivity index (χ0n) is 18.4. The number of carbonyl (C=O) groups is 2. The molecule has 0 unspecified atom stereocenters. The highest BCUT2D eigenvalue weighted by Gasteiger charge is 2.39. The van der Waals surface area contributed by atoms with Gasteiger partial charge in [0.05, 0.1) is 17.0 Å². The minimum absolute atomic E-state index is 0.0914. The summed E-state index contributed by atoms with van der Waals surface area (Å²) in [5.74, 6) is 1.07. The van der Waals surface area contributed by atoms with E-state index in [9.17, 15) is 9.59 Å². The Labute approximate surface area is 182 Å². The third-order valence-electron chi connectivity index (χ3n) is 5.65. The molecule has 0 aromatic carbocycles. The van der Waals surface area contributed by atoms with Gasteiger partial charge in [0.2, 0.25) is 11.8 Å². The molecular weight excluding hydrogens is 398 g/mol. The normalized spacial score (nSPS) is 21.9. The number of thiazole rings is 1. The van der Waals surface area contributed by atoms with Crippen molar-refractivity contribution >= 4 is 28.7 Å². The van der Waals surface area contributed by atoms with Crippen LogP contribution in [0.5, 0.6) is 0 Å². The minimum Gasteiger partial charge on any atom is -0.462 e. The molecule has 162 valence electrons. The number of likely N-dealkylation sites (tertiary alicyclic amines) is 1. The molecule has 0 bridgehead atoms. The standard InChI is InChI=1S/C23H31N3O3S/c1-7-15-8-9-26(20(15)22(24)28)19(27)12-18-25-14(3)21(30-18)16-10-13(2)29-17(11-16)23(4,5)6/h10-11,15,20H,2,7-9,12H2,1,3-6H3,(H2,24,28)/t15-,20+/m1/s1. The van der Waals surface area contributed by atoms with E-state index in [-0.39, 0.29) is 23.7 Å². The third kappa shape index (κ3) is 4.51. The summed E-state index contributed by atoms with van der Waals surface area (Å²) in [6.07, 6.45) is 5.74. The van der Waals surface area contributed by atoms with Gasteiger partial charge in [-0.15, -0.1) is 11.3 Å². The Bertz CT molecular complexity index is 936. The first-order valence-electron chi connectivity index (χ1n) is 10.4. The molecule has 0 aliphatic carbocycles. The lowest BCUT2D eigenvalue weighted by atomic mass is 9.91. The van der Waals surface area contributed by atoms with Crippen LogP contribution in [0.25, 0.3) is 5.57 Å². The molecule has 2 amide bonds. The molecule has 1 aromatic heterocycles. The van der Waals surface area contributed by atoms with Crippen LogP contribution < -0.4 is 5.73 Å². The first-order chi connectivity index (χ1) is 14.0. The molecule has 1 aromatic rings. The van der Waals surface area contributed by atoms with Crippen LogP contribution in [0.3, 0.4) is 0 Å². The van der Waals surface area contributed by atoms with E-state index in [0.29, 0.717) is 12.3 Å². The lowest BCUT2D eigenvalue weighted by molar-refractivity contribution is -0.137. The molecular formula is C23H31N3O3S. The van der Waals surface area contributed by atoms with Gasteiger partial charge in [0.15, 0.2) is 0 Å². The van der Waals surface area contributed by atoms with Crippen LogP contribution in [0, 0.1) is 18.3 Å². The molecule has 2 aliphatic rings. The summed E-state index contributed by atoms with van der Waals surface area (Å²) in [5.41, 5.74) is 7.31. The first-order valence-corrected chi connectivity index (χ1v) is 11.2. The lowest BCUT2D eigenvalue weighted by Gasteiger charge is -2.26. The van der Waals surface area contributed by atoms with Gasteiger partial charge in [0.25, 0.3) is 0 Å². The summed E-state index contributed by atoms with van der Waals surface area (Å²) in [6.45, 7) is 14.8. The maximum atomic E-state index is 12.9. The van der Waals surface area contributed by atoms with Crippen molar-refractivity contribution in [3.05, 3.63) is 45.8 Å². The Balaban J connectivity index is 1.82. The summed E-state index contributed by atoms with van der Waals surface area (Å²) in [7, 11) is 0. The number of hydrogen-bond acceptors (Lipinski definition) is 5. The predicted octanol–water partition coefficient (Wildman–Crippen LogP) is 3.96. The van der Waals surface area contributed by atoms with Gasteiger partial charge in [-0.25, -0.2) is 4.98 Å². The number of ether oxygens (including phenoxy) is 1. The van der Waals surface area contributed by atoms with E-state index in [1.807, 2.05) is 26.0 Å². The van der Waals surface area contributed by atoms with E-state index in [4.69, 9.17) is 10.5 Å². The van der Waals surface area contributed by atoms with Crippen molar-refractivity contribution in [1.29, 1.82) is 0 Å². The average molecular weight is 430 g/mol. The summed E-state index contributed by atoms with van der Waals surface area (Å²) in [5, 5.41) is 0.736. The highest BCUT2D eigenvalue weighted by Crippen LogP contribution is 2.38. The molecule has 7 heteroatoms. The number of nitrogens with zero attached hydrogens (tertiary/aromatic N) is 2. The van der Waals surface area contributed by atoms with Crippen molar-refractivity contribution in [2.24, 2.45) is 17.1 Å². The molecule has 2 atom stereocenters. The zero-order chi connectivity index (χ0) is 22.2. The van der Waals surface area contributed by atoms with Gasteiger partial charge in [-0.3, -0.25) is 9.59 Å². The molecule has 1 fully saturated rings. The van der Waals surface area contributed by atoms with Crippen molar-refractivity contribution in [1.82, 2.24) is 9.88 Å². The number of aryl methyl sites for hydroxylation is 1. The van der Waals surface area contributed by atoms with E-state index in [1.54, 1.807) is 4.90 Å². The number of primary amides is 1. The van der Waals surface area contributed by atoms with Crippen LogP contribution in [-0.2, 0) is 20.7 Å². The van der Waals surface area contributed by atoms with Gasteiger partial charge < -0.3 is 15.4 Å². The van der Waals surface area contributed by atoms with Crippen molar-refractivity contribution in [3.8, 4) is 0 Å². The summed E-state index contributed by atoms with van der Waals surface area (Å²) < 4.78 is 5.81. The highest BCUT2D eigenvalue weighted by molar-refractivity contribution is 7.13. The predicted molar refractivity (Wildman–Crippen MR) is 119 cm³/mol. The molecule has 1 saturated heterocycles. The molecule has 2 N–H and O–H groups in total. The Morgan fingerprint density at radius 2 is 2.07 bits per heavy atom. The fourth-order valence-corrected chi connectivity index (χ4v) is 5.08. The topological polar surface area (TPSA) is 85.5 Å². The van der Waals surface area contributed by atoms with Gasteiger partial charge in [0.1, 0.15) is 22.6 Å². The van der Waals surface area contributed by atoms with E-state index >= 15 is 0 Å². The van der Waals surface area contributed by atoms with Gasteiger partial charge in [0, 0.05) is 17.5 Å². The number of carbonyl (C=O) groups excluding carboxylic acids is 2. The number of nitrogens with two attached hydrogens (primary N) is 1. The van der Waals surface area contributed by atoms with Crippen LogP contribution in [0.4, 0.5) is 0 Å². The van der Waals surface area contributed by atoms with Gasteiger partial charge in [-0.05, 0) is 31.4 Å². The van der Waals surface area contributed by atoms with E-state index in [0.717, 1.165) is 39.8 Å². The van der Waals surface area contributed by atoms with Crippen LogP contribution in [0.2, 0.25) is 0 Å². The lowest BCUT2D eigenvalue weighted by Crippen LogP contribution is -2.47. The molecule has 0 saturated carbocycles. The molecule has 3 rings (SSSR count). The van der Waals surface area contributed by atoms with Gasteiger partial charge >= 0.3 is 0 Å². The van der Waals surface area contributed by atoms with Crippen LogP contribution in [-0.4, -0.2) is 34.3 Å². The number of allylic oxidation sites excluding steroid dienone is 4. The second-order valence-electron chi connectivity index (χ2n) is 9.02. The van der Waals surface area contributed by atoms with Crippen LogP contribution in [0.15, 0.2) is 30.2 Å². The molecule has 0 spiro atoms. The quantitative estimate of drug-likeness (QED) is 0.768. The molecule has 30 heavy (non-hydrogen) atoms. The highest BCUT2D eigenvalue weighted by atomic mass is 32.1. The van der Waals surface area contributed by atoms with E-state index < -0.39 is 11.9 Å². The number of rotatable bonds is 5. The summed E-state index contributed by atoms with van der Waals surface area (Å²) >= 11 is 1.50. The van der Waals surface area contributed by atoms with E-state index in [1.165, 1.54) is 11.3 Å². The fraction of sp³-hybridized carbons (Fsp3) is 0.522. The monoisotopic (exact) mass is 429 g/mol. The van der Waals surface area contributed by atoms with E-state index in [2.05, 4.69) is 32.3 Å². The summed E-state index contributed by atoms with van der Waals surface area (Å²) in [6, 6.07) is -0.512. The van der Waals surface area contributed by atoms with Crippen molar-refractivity contribution in [3.63, 3.8) is 0 Å². The largest absolute Gasteiger partial charge is 0.462 e. The smallest absolute Gasteiger partial charge is 0.240 e. The maximum absolute atomic E-state index is 12.9. The van der Waals surface area contributed by atoms with Gasteiger partial charge in [-0.2, -0.15) is 0 Å². The van der Waals surface area contributed by atoms with Crippen molar-refractivity contribution in [2.75, 3.05) is 6.54 Å². The second-order valence-corrected chi connectivity index (χ2v) is 10.1. The molecule has 2 aliphatic heterocycles. The minimum atomic E-state index is -0.512. The van der Waals surface area contributed by atoms with Crippen molar-refractivity contribution < 1.29 is 14.3 Å². The van der Waals surface area contributed by atoms with Crippen LogP contribution >= 0.6 is 11.3 Å². The maximum Gasteiger partial charge on any atom is 0.240 e. The van der Waals surface area contributed by atoms with Gasteiger partial charge in [-0.1, -0.05) is 40.7 Å². The zero-order valence-corrected chi connectivity index (χ0v) is 19.3. The Kier molecular flexibility index (Phi) is 6.22. The SMILES string of the molecule is C=C1C=C(c2sc(CC(=O)N3CC[C@@H](CC)[C@H]3C(N)=O)nc2C)C=C(C(C)(C)C)O1. The number of hydrogen-bond donors (Lipinski definition) is 1. The van der Waals surface area contributed by atoms with Crippen LogP contribution in [0.1, 0.15) is 56.1 Å². The average Bonchev–Trinajstić information content (AvgIpc) is 3.23. The third-order valence-corrected chi connectivity index (χ3v) is 6.85. The Morgan fingerprint density at radius 3 is 2.67 bits per heavy atom. The second kappa shape index (κ2) is 8.38. The molecule has 6 nitrogen and oxygen atoms in total. The number of amides is 2. The molecule has 3 heterocycles. The molecule has 0 radical (unpaired) electrons. The Morgan fingerprint density at radius 1 is 1.37 bits per heavy atom. The number of aromatic nitrogens is 1.